The van der Waals surface area contributed by atoms with Crippen molar-refractivity contribution in [3.05, 3.63) is 34.4 Å². The van der Waals surface area contributed by atoms with Crippen LogP contribution in [0.25, 0.3) is 0 Å². The van der Waals surface area contributed by atoms with E-state index in [1.165, 1.54) is 12.8 Å². The van der Waals surface area contributed by atoms with Crippen LogP contribution in [0.4, 0.5) is 11.4 Å². The molecule has 0 bridgehead atoms. The lowest BCUT2D eigenvalue weighted by Gasteiger charge is -2.16. The van der Waals surface area contributed by atoms with Crippen molar-refractivity contribution in [1.82, 2.24) is 0 Å². The fourth-order valence-corrected chi connectivity index (χ4v) is 1.76. The topological polar surface area (TPSA) is 46.4 Å². The van der Waals surface area contributed by atoms with Gasteiger partial charge in [0.15, 0.2) is 0 Å². The van der Waals surface area contributed by atoms with E-state index in [1.807, 2.05) is 12.1 Å². The zero-order chi connectivity index (χ0) is 9.97. The molecule has 0 amide bonds. The molecule has 0 saturated carbocycles. The molecule has 74 valence electrons. The highest BCUT2D eigenvalue weighted by Crippen LogP contribution is 2.22. The number of anilines is 1. The smallest absolute Gasteiger partial charge is 0.269 e. The van der Waals surface area contributed by atoms with Crippen LogP contribution in [0.1, 0.15) is 12.8 Å². The van der Waals surface area contributed by atoms with Crippen LogP contribution in [0.5, 0.6) is 0 Å². The minimum absolute atomic E-state index is 0.160. The van der Waals surface area contributed by atoms with Crippen molar-refractivity contribution in [2.24, 2.45) is 0 Å². The number of nitrogens with zero attached hydrogens (tertiary/aromatic N) is 2. The van der Waals surface area contributed by atoms with E-state index in [4.69, 9.17) is 0 Å². The number of benzene rings is 1. The third kappa shape index (κ3) is 1.69. The molecule has 1 fully saturated rings. The van der Waals surface area contributed by atoms with Crippen LogP contribution in [-0.2, 0) is 0 Å². The summed E-state index contributed by atoms with van der Waals surface area (Å²) in [6.07, 6.45) is 2.44. The van der Waals surface area contributed by atoms with Gasteiger partial charge in [0.05, 0.1) is 4.92 Å². The lowest BCUT2D eigenvalue weighted by atomic mass is 10.2. The highest BCUT2D eigenvalue weighted by atomic mass is 16.6. The van der Waals surface area contributed by atoms with Crippen LogP contribution in [0.3, 0.4) is 0 Å². The van der Waals surface area contributed by atoms with Crippen LogP contribution >= 0.6 is 0 Å². The van der Waals surface area contributed by atoms with Crippen LogP contribution < -0.4 is 4.90 Å². The van der Waals surface area contributed by atoms with Crippen molar-refractivity contribution in [2.45, 2.75) is 12.8 Å². The molecular weight excluding hydrogens is 180 g/mol. The van der Waals surface area contributed by atoms with Gasteiger partial charge in [-0.3, -0.25) is 10.1 Å². The number of non-ortho nitro benzene ring substituents is 1. The molecule has 0 atom stereocenters. The Kier molecular flexibility index (Phi) is 2.35. The summed E-state index contributed by atoms with van der Waals surface area (Å²) in [5, 5.41) is 10.4. The zero-order valence-corrected chi connectivity index (χ0v) is 7.85. The van der Waals surface area contributed by atoms with Gasteiger partial charge in [0.2, 0.25) is 0 Å². The monoisotopic (exact) mass is 192 g/mol. The molecule has 14 heavy (non-hydrogen) atoms. The van der Waals surface area contributed by atoms with Crippen LogP contribution in [0.2, 0.25) is 0 Å². The summed E-state index contributed by atoms with van der Waals surface area (Å²) in [6.45, 7) is 2.13. The first-order chi connectivity index (χ1) is 6.77. The fraction of sp³-hybridized carbons (Fsp3) is 0.400. The molecule has 4 nitrogen and oxygen atoms in total. The summed E-state index contributed by atoms with van der Waals surface area (Å²) < 4.78 is 0. The van der Waals surface area contributed by atoms with Crippen molar-refractivity contribution in [3.8, 4) is 0 Å². The summed E-state index contributed by atoms with van der Waals surface area (Å²) in [4.78, 5) is 12.3. The summed E-state index contributed by atoms with van der Waals surface area (Å²) in [5.41, 5.74) is 1.25. The molecule has 1 heterocycles. The van der Waals surface area contributed by atoms with E-state index in [0.29, 0.717) is 0 Å². The molecule has 4 heteroatoms. The number of hydrogen-bond acceptors (Lipinski definition) is 3. The molecule has 1 aromatic rings. The minimum Gasteiger partial charge on any atom is -0.372 e. The number of nitro benzene ring substituents is 1. The molecule has 1 aliphatic heterocycles. The van der Waals surface area contributed by atoms with Gasteiger partial charge >= 0.3 is 0 Å². The van der Waals surface area contributed by atoms with Gasteiger partial charge in [-0.2, -0.15) is 0 Å². The predicted molar refractivity (Wildman–Crippen MR) is 54.5 cm³/mol. The van der Waals surface area contributed by atoms with E-state index in [1.54, 1.807) is 12.1 Å². The maximum Gasteiger partial charge on any atom is 0.269 e. The van der Waals surface area contributed by atoms with Gasteiger partial charge in [0.25, 0.3) is 5.69 Å². The van der Waals surface area contributed by atoms with E-state index in [9.17, 15) is 10.1 Å². The molecule has 0 spiro atoms. The second-order valence-electron chi connectivity index (χ2n) is 3.47. The van der Waals surface area contributed by atoms with Crippen molar-refractivity contribution in [3.63, 3.8) is 0 Å². The van der Waals surface area contributed by atoms with E-state index in [-0.39, 0.29) is 10.6 Å². The lowest BCUT2D eigenvalue weighted by Crippen LogP contribution is -2.17. The van der Waals surface area contributed by atoms with Gasteiger partial charge in [0, 0.05) is 30.9 Å². The largest absolute Gasteiger partial charge is 0.372 e. The Labute approximate surface area is 82.3 Å². The number of nitro groups is 1. The lowest BCUT2D eigenvalue weighted by molar-refractivity contribution is -0.384. The van der Waals surface area contributed by atoms with Gasteiger partial charge in [0.1, 0.15) is 0 Å². The van der Waals surface area contributed by atoms with Crippen LogP contribution in [0, 0.1) is 10.1 Å². The minimum atomic E-state index is -0.367. The second-order valence-corrected chi connectivity index (χ2v) is 3.47. The highest BCUT2D eigenvalue weighted by Gasteiger charge is 2.13. The first-order valence-electron chi connectivity index (χ1n) is 4.77. The summed E-state index contributed by atoms with van der Waals surface area (Å²) in [5.74, 6) is 0. The van der Waals surface area contributed by atoms with Gasteiger partial charge in [-0.25, -0.2) is 0 Å². The fourth-order valence-electron chi connectivity index (χ4n) is 1.76. The highest BCUT2D eigenvalue weighted by molar-refractivity contribution is 5.51. The van der Waals surface area contributed by atoms with E-state index in [0.717, 1.165) is 18.8 Å². The van der Waals surface area contributed by atoms with E-state index >= 15 is 0 Å². The Morgan fingerprint density at radius 3 is 2.21 bits per heavy atom. The SMILES string of the molecule is O=[N+]([O-])c1ccc(N2CCCC2)cc1. The average Bonchev–Trinajstić information content (AvgIpc) is 2.71. The van der Waals surface area contributed by atoms with Crippen LogP contribution in [0.15, 0.2) is 24.3 Å². The zero-order valence-electron chi connectivity index (χ0n) is 7.85. The molecule has 1 aromatic carbocycles. The first kappa shape index (κ1) is 8.99. The Morgan fingerprint density at radius 1 is 1.14 bits per heavy atom. The normalized spacial score (nSPS) is 15.9. The summed E-state index contributed by atoms with van der Waals surface area (Å²) >= 11 is 0. The predicted octanol–water partition coefficient (Wildman–Crippen LogP) is 2.20. The Morgan fingerprint density at radius 2 is 1.71 bits per heavy atom. The second kappa shape index (κ2) is 3.65. The Bertz CT molecular complexity index is 328. The average molecular weight is 192 g/mol. The van der Waals surface area contributed by atoms with Gasteiger partial charge in [-0.1, -0.05) is 0 Å². The maximum absolute atomic E-state index is 10.4. The number of rotatable bonds is 2. The van der Waals surface area contributed by atoms with E-state index < -0.39 is 0 Å². The van der Waals surface area contributed by atoms with Gasteiger partial charge < -0.3 is 4.90 Å². The molecule has 0 aliphatic carbocycles. The quantitative estimate of drug-likeness (QED) is 0.533. The molecule has 1 aliphatic rings. The third-order valence-corrected chi connectivity index (χ3v) is 2.53. The Hall–Kier alpha value is -1.58. The molecule has 0 N–H and O–H groups in total. The number of hydrogen-bond donors (Lipinski definition) is 0. The maximum atomic E-state index is 10.4. The van der Waals surface area contributed by atoms with Crippen molar-refractivity contribution >= 4 is 11.4 Å². The van der Waals surface area contributed by atoms with Crippen LogP contribution in [-0.4, -0.2) is 18.0 Å². The Balaban J connectivity index is 2.16. The molecule has 1 saturated heterocycles. The van der Waals surface area contributed by atoms with Gasteiger partial charge in [-0.15, -0.1) is 0 Å². The molecule has 0 radical (unpaired) electrons. The van der Waals surface area contributed by atoms with Crippen molar-refractivity contribution in [1.29, 1.82) is 0 Å². The molecular formula is C10H12N2O2. The summed E-state index contributed by atoms with van der Waals surface area (Å²) in [7, 11) is 0. The molecule has 2 rings (SSSR count). The summed E-state index contributed by atoms with van der Waals surface area (Å²) in [6, 6.07) is 6.77. The van der Waals surface area contributed by atoms with Gasteiger partial charge in [-0.05, 0) is 25.0 Å². The van der Waals surface area contributed by atoms with Crippen molar-refractivity contribution < 1.29 is 4.92 Å². The standard InChI is InChI=1S/C10H12N2O2/c13-12(14)10-5-3-9(4-6-10)11-7-1-2-8-11/h3-6H,1-2,7-8H2. The van der Waals surface area contributed by atoms with E-state index in [2.05, 4.69) is 4.90 Å². The molecule has 0 aromatic heterocycles. The van der Waals surface area contributed by atoms with Crippen molar-refractivity contribution in [2.75, 3.05) is 18.0 Å². The molecule has 0 unspecified atom stereocenters. The third-order valence-electron chi connectivity index (χ3n) is 2.53. The first-order valence-corrected chi connectivity index (χ1v) is 4.77.